The summed E-state index contributed by atoms with van der Waals surface area (Å²) in [6, 6.07) is 107. The lowest BCUT2D eigenvalue weighted by Gasteiger charge is -2.27. The number of fused-ring (bicyclic) bond motifs is 14. The number of hydrogen-bond donors (Lipinski definition) is 0. The van der Waals surface area contributed by atoms with Crippen LogP contribution in [0, 0.1) is 0 Å². The van der Waals surface area contributed by atoms with Gasteiger partial charge in [0.1, 0.15) is 0 Å². The van der Waals surface area contributed by atoms with Gasteiger partial charge < -0.3 is 9.80 Å². The predicted molar refractivity (Wildman–Crippen MR) is 327 cm³/mol. The third-order valence-corrected chi connectivity index (χ3v) is 15.7. The lowest BCUT2D eigenvalue weighted by Crippen LogP contribution is -2.09. The van der Waals surface area contributed by atoms with Crippen molar-refractivity contribution in [3.05, 3.63) is 291 Å². The summed E-state index contributed by atoms with van der Waals surface area (Å²) in [5.74, 6) is 0. The number of rotatable bonds is 8. The summed E-state index contributed by atoms with van der Waals surface area (Å²) in [4.78, 5) is 4.80. The molecule has 0 N–H and O–H groups in total. The van der Waals surface area contributed by atoms with Gasteiger partial charge >= 0.3 is 0 Å². The van der Waals surface area contributed by atoms with E-state index in [1.807, 2.05) is 0 Å². The predicted octanol–water partition coefficient (Wildman–Crippen LogP) is 21.2. The van der Waals surface area contributed by atoms with E-state index in [2.05, 4.69) is 301 Å². The summed E-state index contributed by atoms with van der Waals surface area (Å²) in [5, 5.41) is 19.8. The molecule has 0 saturated heterocycles. The third kappa shape index (κ3) is 7.34. The summed E-state index contributed by atoms with van der Waals surface area (Å²) in [6.07, 6.45) is 0. The molecular weight excluding hydrogens is 917 g/mol. The Bertz CT molecular complexity index is 4440. The molecule has 15 aromatic carbocycles. The number of hydrogen-bond acceptors (Lipinski definition) is 2. The molecule has 15 rings (SSSR count). The van der Waals surface area contributed by atoms with E-state index < -0.39 is 0 Å². The molecule has 0 aliphatic carbocycles. The highest BCUT2D eigenvalue weighted by molar-refractivity contribution is 6.33. The molecule has 0 saturated carbocycles. The molecule has 0 aliphatic rings. The fourth-order valence-corrected chi connectivity index (χ4v) is 12.1. The molecular formula is C74H48N2. The van der Waals surface area contributed by atoms with Gasteiger partial charge in [0, 0.05) is 34.1 Å². The maximum atomic E-state index is 2.48. The van der Waals surface area contributed by atoms with Crippen LogP contribution in [0.25, 0.3) is 108 Å². The Hall–Kier alpha value is -10.0. The van der Waals surface area contributed by atoms with Crippen molar-refractivity contribution in [3.8, 4) is 22.3 Å². The van der Waals surface area contributed by atoms with E-state index in [4.69, 9.17) is 0 Å². The summed E-state index contributed by atoms with van der Waals surface area (Å²) < 4.78 is 0. The Morgan fingerprint density at radius 1 is 0.145 bits per heavy atom. The van der Waals surface area contributed by atoms with Crippen molar-refractivity contribution in [3.63, 3.8) is 0 Å². The molecule has 0 spiro atoms. The highest BCUT2D eigenvalue weighted by Gasteiger charge is 2.20. The van der Waals surface area contributed by atoms with Gasteiger partial charge in [-0.25, -0.2) is 0 Å². The maximum absolute atomic E-state index is 2.48. The van der Waals surface area contributed by atoms with Crippen molar-refractivity contribution in [2.75, 3.05) is 9.80 Å². The summed E-state index contributed by atoms with van der Waals surface area (Å²) in [5.41, 5.74) is 11.6. The van der Waals surface area contributed by atoms with E-state index in [0.717, 1.165) is 34.1 Å². The average molecular weight is 965 g/mol. The van der Waals surface area contributed by atoms with Gasteiger partial charge in [0.05, 0.1) is 0 Å². The molecule has 2 nitrogen and oxygen atoms in total. The highest BCUT2D eigenvalue weighted by atomic mass is 15.1. The fourth-order valence-electron chi connectivity index (χ4n) is 12.1. The molecule has 0 aromatic heterocycles. The fraction of sp³-hybridized carbons (Fsp3) is 0. The van der Waals surface area contributed by atoms with Crippen molar-refractivity contribution in [1.82, 2.24) is 0 Å². The summed E-state index contributed by atoms with van der Waals surface area (Å²) in [7, 11) is 0. The molecule has 0 atom stereocenters. The number of benzene rings is 15. The van der Waals surface area contributed by atoms with Gasteiger partial charge in [-0.05, 0) is 205 Å². The zero-order chi connectivity index (χ0) is 50.1. The van der Waals surface area contributed by atoms with E-state index >= 15 is 0 Å². The molecule has 0 bridgehead atoms. The van der Waals surface area contributed by atoms with Crippen LogP contribution in [-0.2, 0) is 0 Å². The topological polar surface area (TPSA) is 6.48 Å². The van der Waals surface area contributed by atoms with E-state index in [9.17, 15) is 0 Å². The van der Waals surface area contributed by atoms with Crippen LogP contribution >= 0.6 is 0 Å². The monoisotopic (exact) mass is 964 g/mol. The zero-order valence-electron chi connectivity index (χ0n) is 41.6. The van der Waals surface area contributed by atoms with Crippen LogP contribution in [0.1, 0.15) is 0 Å². The van der Waals surface area contributed by atoms with Crippen LogP contribution in [-0.4, -0.2) is 0 Å². The molecule has 0 fully saturated rings. The first-order valence-corrected chi connectivity index (χ1v) is 26.2. The standard InChI is InChI=1S/C74H48N2/c1-5-17-49(18-6-1)51-29-31-55-43-59(35-33-53(55)41-51)75(57-21-9-3-10-22-57)61-37-39-67-69(45-61)63-25-13-15-27-65(63)71-48-74-68-40-38-62(46-70(68)64-26-14-16-28-66(64)72(74)47-73(67)71)76(58-23-11-4-12-24-58)60-36-34-54-42-52(30-32-56(54)44-60)50-19-7-2-8-20-50/h1-48H. The van der Waals surface area contributed by atoms with Gasteiger partial charge in [0.15, 0.2) is 0 Å². The molecule has 0 unspecified atom stereocenters. The van der Waals surface area contributed by atoms with E-state index in [0.29, 0.717) is 0 Å². The van der Waals surface area contributed by atoms with Crippen molar-refractivity contribution in [2.24, 2.45) is 0 Å². The summed E-state index contributed by atoms with van der Waals surface area (Å²) in [6.45, 7) is 0. The third-order valence-electron chi connectivity index (χ3n) is 15.7. The van der Waals surface area contributed by atoms with Gasteiger partial charge in [-0.2, -0.15) is 0 Å². The first-order chi connectivity index (χ1) is 37.7. The Morgan fingerprint density at radius 3 is 0.803 bits per heavy atom. The molecule has 0 amide bonds. The normalized spacial score (nSPS) is 11.7. The Labute approximate surface area is 441 Å². The number of nitrogens with zero attached hydrogens (tertiary/aromatic N) is 2. The largest absolute Gasteiger partial charge is 0.310 e. The number of anilines is 6. The average Bonchev–Trinajstić information content (AvgIpc) is 3.53. The quantitative estimate of drug-likeness (QED) is 0.111. The van der Waals surface area contributed by atoms with Crippen LogP contribution in [0.3, 0.4) is 0 Å². The van der Waals surface area contributed by atoms with Crippen LogP contribution in [0.15, 0.2) is 291 Å². The molecule has 0 heterocycles. The summed E-state index contributed by atoms with van der Waals surface area (Å²) >= 11 is 0. The SMILES string of the molecule is c1ccc(-c2ccc3cc(N(c4ccccc4)c4ccc5c(c4)c4ccccc4c4cc6c7ccc(N(c8ccccc8)c8ccc9cc(-c%10ccccc%10)ccc9c8)cc7c7ccccc7c6cc54)ccc3c2)cc1. The van der Waals surface area contributed by atoms with Gasteiger partial charge in [-0.1, -0.05) is 194 Å². The smallest absolute Gasteiger partial charge is 0.0468 e. The molecule has 2 heteroatoms. The van der Waals surface area contributed by atoms with Crippen LogP contribution in [0.4, 0.5) is 34.1 Å². The zero-order valence-corrected chi connectivity index (χ0v) is 41.6. The van der Waals surface area contributed by atoms with Gasteiger partial charge in [-0.15, -0.1) is 0 Å². The van der Waals surface area contributed by atoms with Crippen LogP contribution in [0.2, 0.25) is 0 Å². The highest BCUT2D eigenvalue weighted by Crippen LogP contribution is 2.47. The minimum atomic E-state index is 1.11. The first-order valence-electron chi connectivity index (χ1n) is 26.2. The van der Waals surface area contributed by atoms with Gasteiger partial charge in [-0.3, -0.25) is 0 Å². The van der Waals surface area contributed by atoms with Crippen LogP contribution in [0.5, 0.6) is 0 Å². The maximum Gasteiger partial charge on any atom is 0.0468 e. The van der Waals surface area contributed by atoms with Gasteiger partial charge in [0.25, 0.3) is 0 Å². The van der Waals surface area contributed by atoms with E-state index in [1.54, 1.807) is 0 Å². The van der Waals surface area contributed by atoms with E-state index in [1.165, 1.54) is 108 Å². The minimum absolute atomic E-state index is 1.11. The minimum Gasteiger partial charge on any atom is -0.310 e. The molecule has 76 heavy (non-hydrogen) atoms. The van der Waals surface area contributed by atoms with Crippen molar-refractivity contribution >= 4 is 120 Å². The second-order valence-corrected chi connectivity index (χ2v) is 20.1. The van der Waals surface area contributed by atoms with E-state index in [-0.39, 0.29) is 0 Å². The molecule has 15 aromatic rings. The number of para-hydroxylation sites is 2. The van der Waals surface area contributed by atoms with Crippen molar-refractivity contribution in [2.45, 2.75) is 0 Å². The molecule has 0 radical (unpaired) electrons. The Kier molecular flexibility index (Phi) is 10.2. The Morgan fingerprint density at radius 2 is 0.421 bits per heavy atom. The lowest BCUT2D eigenvalue weighted by atomic mass is 9.88. The lowest BCUT2D eigenvalue weighted by molar-refractivity contribution is 1.29. The first kappa shape index (κ1) is 43.6. The molecule has 354 valence electrons. The van der Waals surface area contributed by atoms with Gasteiger partial charge in [0.2, 0.25) is 0 Å². The van der Waals surface area contributed by atoms with Crippen LogP contribution < -0.4 is 9.80 Å². The van der Waals surface area contributed by atoms with Crippen molar-refractivity contribution < 1.29 is 0 Å². The Balaban J connectivity index is 0.887. The van der Waals surface area contributed by atoms with Crippen molar-refractivity contribution in [1.29, 1.82) is 0 Å². The second-order valence-electron chi connectivity index (χ2n) is 20.1. The second kappa shape index (κ2) is 17.9. The molecule has 0 aliphatic heterocycles.